The Morgan fingerprint density at radius 2 is 1.67 bits per heavy atom. The fraction of sp³-hybridized carbons (Fsp3) is 0.185. The van der Waals surface area contributed by atoms with Crippen LogP contribution in [0.4, 0.5) is 0 Å². The minimum Gasteiger partial charge on any atom is -0.372 e. The van der Waals surface area contributed by atoms with Crippen molar-refractivity contribution in [2.45, 2.75) is 32.6 Å². The summed E-state index contributed by atoms with van der Waals surface area (Å²) < 4.78 is 5.88. The van der Waals surface area contributed by atoms with Crippen LogP contribution in [-0.4, -0.2) is 10.9 Å². The molecule has 0 aliphatic rings. The number of nitrogens with one attached hydrogen (secondary N) is 1. The zero-order chi connectivity index (χ0) is 22.9. The number of hydrogen-bond acceptors (Lipinski definition) is 4. The number of carbonyl (C=O) groups excluding carboxylic acids is 1. The van der Waals surface area contributed by atoms with Gasteiger partial charge in [-0.05, 0) is 34.4 Å². The van der Waals surface area contributed by atoms with Crippen LogP contribution in [0, 0.1) is 0 Å². The molecule has 168 valence electrons. The number of thiazole rings is 1. The zero-order valence-corrected chi connectivity index (χ0v) is 19.7. The molecule has 0 radical (unpaired) electrons. The molecule has 4 rings (SSSR count). The van der Waals surface area contributed by atoms with E-state index in [1.807, 2.05) is 84.2 Å². The Morgan fingerprint density at radius 3 is 2.48 bits per heavy atom. The molecule has 3 aromatic carbocycles. The van der Waals surface area contributed by atoms with Crippen molar-refractivity contribution in [3.05, 3.63) is 122 Å². The van der Waals surface area contributed by atoms with Crippen molar-refractivity contribution in [2.75, 3.05) is 0 Å². The first kappa shape index (κ1) is 23.2. The first-order valence-electron chi connectivity index (χ1n) is 10.8. The third-order valence-electron chi connectivity index (χ3n) is 5.15. The van der Waals surface area contributed by atoms with Crippen molar-refractivity contribution in [3.8, 4) is 0 Å². The number of hydrogen-bond donors (Lipinski definition) is 1. The van der Waals surface area contributed by atoms with Crippen molar-refractivity contribution in [2.24, 2.45) is 0 Å². The molecule has 0 saturated carbocycles. The molecule has 0 aliphatic heterocycles. The lowest BCUT2D eigenvalue weighted by molar-refractivity contribution is -0.120. The Hall–Kier alpha value is -2.99. The number of benzene rings is 3. The van der Waals surface area contributed by atoms with Gasteiger partial charge in [-0.1, -0.05) is 78.3 Å². The van der Waals surface area contributed by atoms with E-state index in [0.717, 1.165) is 38.0 Å². The summed E-state index contributed by atoms with van der Waals surface area (Å²) in [7, 11) is 0. The summed E-state index contributed by atoms with van der Waals surface area (Å²) in [4.78, 5) is 17.1. The molecule has 0 saturated heterocycles. The lowest BCUT2D eigenvalue weighted by atomic mass is 10.1. The fourth-order valence-electron chi connectivity index (χ4n) is 3.48. The van der Waals surface area contributed by atoms with E-state index >= 15 is 0 Å². The average molecular weight is 477 g/mol. The van der Waals surface area contributed by atoms with E-state index in [2.05, 4.69) is 10.3 Å². The molecule has 33 heavy (non-hydrogen) atoms. The third-order valence-corrected chi connectivity index (χ3v) is 6.28. The lowest BCUT2D eigenvalue weighted by Gasteiger charge is -2.11. The van der Waals surface area contributed by atoms with Gasteiger partial charge in [0.05, 0.1) is 30.3 Å². The Balaban J connectivity index is 1.26. The smallest absolute Gasteiger partial charge is 0.226 e. The summed E-state index contributed by atoms with van der Waals surface area (Å²) in [5.41, 5.74) is 5.17. The van der Waals surface area contributed by atoms with Crippen LogP contribution in [0.2, 0.25) is 5.02 Å². The van der Waals surface area contributed by atoms with Crippen LogP contribution in [0.5, 0.6) is 0 Å². The molecule has 0 atom stereocenters. The van der Waals surface area contributed by atoms with Crippen LogP contribution in [0.15, 0.2) is 84.2 Å². The molecule has 4 aromatic rings. The summed E-state index contributed by atoms with van der Waals surface area (Å²) in [6.07, 6.45) is 0.974. The Bertz CT molecular complexity index is 1190. The van der Waals surface area contributed by atoms with E-state index in [4.69, 9.17) is 16.3 Å². The summed E-state index contributed by atoms with van der Waals surface area (Å²) in [6, 6.07) is 25.9. The summed E-state index contributed by atoms with van der Waals surface area (Å²) in [5.74, 6) is -0.0467. The Morgan fingerprint density at radius 1 is 0.909 bits per heavy atom. The van der Waals surface area contributed by atoms with Crippen LogP contribution in [0.1, 0.15) is 33.0 Å². The number of ether oxygens (including phenoxy) is 1. The van der Waals surface area contributed by atoms with Gasteiger partial charge in [0.2, 0.25) is 5.91 Å². The van der Waals surface area contributed by atoms with Crippen molar-refractivity contribution in [3.63, 3.8) is 0 Å². The van der Waals surface area contributed by atoms with Gasteiger partial charge >= 0.3 is 0 Å². The van der Waals surface area contributed by atoms with E-state index in [0.29, 0.717) is 26.2 Å². The number of halogens is 1. The predicted octanol–water partition coefficient (Wildman–Crippen LogP) is 5.96. The molecule has 0 bridgehead atoms. The molecule has 6 heteroatoms. The van der Waals surface area contributed by atoms with Gasteiger partial charge in [0.15, 0.2) is 0 Å². The highest BCUT2D eigenvalue weighted by atomic mass is 35.5. The fourth-order valence-corrected chi connectivity index (χ4v) is 4.52. The van der Waals surface area contributed by atoms with Gasteiger partial charge in [-0.15, -0.1) is 11.3 Å². The highest BCUT2D eigenvalue weighted by Crippen LogP contribution is 2.18. The second-order valence-electron chi connectivity index (χ2n) is 7.74. The Kier molecular flexibility index (Phi) is 8.25. The van der Waals surface area contributed by atoms with Crippen LogP contribution in [-0.2, 0) is 42.1 Å². The van der Waals surface area contributed by atoms with Gasteiger partial charge in [-0.25, -0.2) is 4.98 Å². The van der Waals surface area contributed by atoms with Crippen LogP contribution >= 0.6 is 22.9 Å². The van der Waals surface area contributed by atoms with Crippen molar-refractivity contribution < 1.29 is 9.53 Å². The summed E-state index contributed by atoms with van der Waals surface area (Å²) in [5, 5.41) is 6.65. The second-order valence-corrected chi connectivity index (χ2v) is 9.12. The minimum absolute atomic E-state index is 0.0467. The van der Waals surface area contributed by atoms with Gasteiger partial charge in [0.25, 0.3) is 0 Å². The van der Waals surface area contributed by atoms with Gasteiger partial charge in [-0.3, -0.25) is 4.79 Å². The largest absolute Gasteiger partial charge is 0.372 e. The monoisotopic (exact) mass is 476 g/mol. The number of carbonyl (C=O) groups is 1. The first-order valence-corrected chi connectivity index (χ1v) is 12.0. The van der Waals surface area contributed by atoms with Crippen LogP contribution in [0.3, 0.4) is 0 Å². The van der Waals surface area contributed by atoms with Gasteiger partial charge in [0, 0.05) is 23.4 Å². The molecule has 1 amide bonds. The summed E-state index contributed by atoms with van der Waals surface area (Å²) >= 11 is 7.63. The minimum atomic E-state index is -0.0467. The highest BCUT2D eigenvalue weighted by Gasteiger charge is 2.10. The normalized spacial score (nSPS) is 10.8. The molecular formula is C27H25ClN2O2S. The Labute approximate surface area is 203 Å². The topological polar surface area (TPSA) is 51.2 Å². The second kappa shape index (κ2) is 11.8. The molecular weight excluding hydrogens is 452 g/mol. The number of nitrogens with zero attached hydrogens (tertiary/aromatic N) is 1. The molecule has 0 fully saturated rings. The van der Waals surface area contributed by atoms with E-state index < -0.39 is 0 Å². The third kappa shape index (κ3) is 7.26. The zero-order valence-electron chi connectivity index (χ0n) is 18.2. The van der Waals surface area contributed by atoms with Crippen molar-refractivity contribution in [1.29, 1.82) is 0 Å². The molecule has 1 aromatic heterocycles. The lowest BCUT2D eigenvalue weighted by Crippen LogP contribution is -2.25. The molecule has 0 unspecified atom stereocenters. The maximum Gasteiger partial charge on any atom is 0.226 e. The number of aromatic nitrogens is 1. The highest BCUT2D eigenvalue weighted by molar-refractivity contribution is 7.09. The van der Waals surface area contributed by atoms with Gasteiger partial charge in [-0.2, -0.15) is 0 Å². The number of amides is 1. The average Bonchev–Trinajstić information content (AvgIpc) is 3.25. The standard InChI is InChI=1S/C27H25ClN2O2S/c28-24-12-6-9-21(13-24)14-27-30-25(19-33-27)15-26(31)29-16-22-10-4-5-11-23(22)18-32-17-20-7-2-1-3-8-20/h1-13,19H,14-18H2,(H,29,31). The molecule has 1 heterocycles. The predicted molar refractivity (Wildman–Crippen MR) is 133 cm³/mol. The van der Waals surface area contributed by atoms with Crippen LogP contribution in [0.25, 0.3) is 0 Å². The van der Waals surface area contributed by atoms with E-state index in [-0.39, 0.29) is 12.3 Å². The van der Waals surface area contributed by atoms with Gasteiger partial charge < -0.3 is 10.1 Å². The van der Waals surface area contributed by atoms with Gasteiger partial charge in [0.1, 0.15) is 0 Å². The van der Waals surface area contributed by atoms with Crippen LogP contribution < -0.4 is 5.32 Å². The maximum absolute atomic E-state index is 12.5. The van der Waals surface area contributed by atoms with Crippen molar-refractivity contribution in [1.82, 2.24) is 10.3 Å². The SMILES string of the molecule is O=C(Cc1csc(Cc2cccc(Cl)c2)n1)NCc1ccccc1COCc1ccccc1. The van der Waals surface area contributed by atoms with E-state index in [1.165, 1.54) is 0 Å². The van der Waals surface area contributed by atoms with E-state index in [1.54, 1.807) is 11.3 Å². The maximum atomic E-state index is 12.5. The first-order chi connectivity index (χ1) is 16.2. The van der Waals surface area contributed by atoms with Crippen molar-refractivity contribution >= 4 is 28.8 Å². The molecule has 0 aliphatic carbocycles. The number of rotatable bonds is 10. The quantitative estimate of drug-likeness (QED) is 0.307. The molecule has 4 nitrogen and oxygen atoms in total. The summed E-state index contributed by atoms with van der Waals surface area (Å²) in [6.45, 7) is 1.52. The molecule has 0 spiro atoms. The van der Waals surface area contributed by atoms with E-state index in [9.17, 15) is 4.79 Å². The molecule has 1 N–H and O–H groups in total.